The van der Waals surface area contributed by atoms with Crippen LogP contribution in [0, 0.1) is 18.6 Å². The van der Waals surface area contributed by atoms with Gasteiger partial charge in [-0.3, -0.25) is 0 Å². The van der Waals surface area contributed by atoms with E-state index in [1.165, 1.54) is 18.2 Å². The highest BCUT2D eigenvalue weighted by Gasteiger charge is 2.12. The van der Waals surface area contributed by atoms with Gasteiger partial charge in [-0.2, -0.15) is 0 Å². The van der Waals surface area contributed by atoms with E-state index in [-0.39, 0.29) is 18.1 Å². The van der Waals surface area contributed by atoms with Crippen LogP contribution in [0.25, 0.3) is 0 Å². The molecule has 7 heteroatoms. The molecule has 0 N–H and O–H groups in total. The molecule has 0 bridgehead atoms. The Bertz CT molecular complexity index is 733. The second kappa shape index (κ2) is 8.19. The summed E-state index contributed by atoms with van der Waals surface area (Å²) in [4.78, 5) is 10.6. The van der Waals surface area contributed by atoms with Gasteiger partial charge in [-0.25, -0.2) is 18.8 Å². The van der Waals surface area contributed by atoms with E-state index in [0.29, 0.717) is 15.9 Å². The van der Waals surface area contributed by atoms with Crippen LogP contribution >= 0.6 is 15.9 Å². The molecular weight excluding hydrogens is 380 g/mol. The average Bonchev–Trinajstić information content (AvgIpc) is 2.55. The van der Waals surface area contributed by atoms with Crippen LogP contribution in [0.15, 0.2) is 33.7 Å². The first-order valence-corrected chi connectivity index (χ1v) is 8.19. The van der Waals surface area contributed by atoms with Crippen LogP contribution in [0.5, 0.6) is 5.88 Å². The average molecular weight is 398 g/mol. The third kappa shape index (κ3) is 4.50. The van der Waals surface area contributed by atoms with Crippen LogP contribution in [0.4, 0.5) is 14.5 Å². The highest BCUT2D eigenvalue weighted by atomic mass is 79.9. The van der Waals surface area contributed by atoms with E-state index in [1.54, 1.807) is 19.3 Å². The van der Waals surface area contributed by atoms with Crippen molar-refractivity contribution in [2.24, 2.45) is 4.99 Å². The van der Waals surface area contributed by atoms with Crippen LogP contribution in [0.2, 0.25) is 0 Å². The maximum atomic E-state index is 13.6. The third-order valence-corrected chi connectivity index (χ3v) is 3.98. The Morgan fingerprint density at radius 2 is 2.00 bits per heavy atom. The Morgan fingerprint density at radius 3 is 2.62 bits per heavy atom. The molecule has 2 rings (SSSR count). The predicted molar refractivity (Wildman–Crippen MR) is 93.8 cm³/mol. The van der Waals surface area contributed by atoms with Crippen molar-refractivity contribution < 1.29 is 13.5 Å². The molecule has 4 nitrogen and oxygen atoms in total. The first-order chi connectivity index (χ1) is 11.4. The summed E-state index contributed by atoms with van der Waals surface area (Å²) in [6.45, 7) is 4.41. The highest BCUT2D eigenvalue weighted by molar-refractivity contribution is 9.10. The second-order valence-electron chi connectivity index (χ2n) is 5.19. The Labute approximate surface area is 148 Å². The van der Waals surface area contributed by atoms with Gasteiger partial charge in [0.15, 0.2) is 0 Å². The molecule has 0 aliphatic carbocycles. The smallest absolute Gasteiger partial charge is 0.228 e. The zero-order valence-electron chi connectivity index (χ0n) is 13.7. The summed E-state index contributed by atoms with van der Waals surface area (Å²) in [6.07, 6.45) is 1.71. The van der Waals surface area contributed by atoms with E-state index in [9.17, 15) is 8.78 Å². The van der Waals surface area contributed by atoms with Crippen LogP contribution in [0.1, 0.15) is 18.2 Å². The van der Waals surface area contributed by atoms with Gasteiger partial charge in [-0.15, -0.1) is 0 Å². The van der Waals surface area contributed by atoms with Gasteiger partial charge in [0.25, 0.3) is 0 Å². The number of aromatic nitrogens is 1. The molecule has 0 amide bonds. The topological polar surface area (TPSA) is 37.7 Å². The van der Waals surface area contributed by atoms with E-state index >= 15 is 0 Å². The molecule has 1 aromatic carbocycles. The highest BCUT2D eigenvalue weighted by Crippen LogP contribution is 2.30. The van der Waals surface area contributed by atoms with Gasteiger partial charge in [0.05, 0.1) is 27.8 Å². The minimum absolute atomic E-state index is 0.129. The van der Waals surface area contributed by atoms with Crippen LogP contribution in [-0.2, 0) is 6.61 Å². The lowest BCUT2D eigenvalue weighted by atomic mass is 10.2. The molecule has 0 atom stereocenters. The number of hydrogen-bond donors (Lipinski definition) is 0. The number of hydrogen-bond acceptors (Lipinski definition) is 3. The van der Waals surface area contributed by atoms with Gasteiger partial charge in [0, 0.05) is 13.6 Å². The van der Waals surface area contributed by atoms with Gasteiger partial charge in [0.1, 0.15) is 18.2 Å². The molecule has 0 spiro atoms. The fourth-order valence-corrected chi connectivity index (χ4v) is 2.25. The van der Waals surface area contributed by atoms with Gasteiger partial charge >= 0.3 is 0 Å². The summed E-state index contributed by atoms with van der Waals surface area (Å²) in [6, 6.07) is 5.46. The number of benzene rings is 1. The Hall–Kier alpha value is -2.02. The zero-order chi connectivity index (χ0) is 17.7. The van der Waals surface area contributed by atoms with E-state index in [1.807, 2.05) is 18.9 Å². The van der Waals surface area contributed by atoms with Crippen molar-refractivity contribution in [3.8, 4) is 5.88 Å². The SMILES string of the molecule is CCN(C)C=Nc1cc(Br)c(OCc2c(F)cccc2F)nc1C. The molecule has 0 saturated carbocycles. The number of halogens is 3. The number of ether oxygens (including phenoxy) is 1. The van der Waals surface area contributed by atoms with E-state index in [0.717, 1.165) is 6.54 Å². The quantitative estimate of drug-likeness (QED) is 0.527. The molecule has 1 aromatic heterocycles. The molecule has 0 radical (unpaired) electrons. The van der Waals surface area contributed by atoms with Crippen molar-refractivity contribution >= 4 is 28.0 Å². The number of rotatable bonds is 6. The molecule has 1 heterocycles. The van der Waals surface area contributed by atoms with E-state index < -0.39 is 11.6 Å². The Balaban J connectivity index is 2.17. The van der Waals surface area contributed by atoms with Crippen molar-refractivity contribution in [3.05, 3.63) is 51.6 Å². The van der Waals surface area contributed by atoms with Crippen molar-refractivity contribution in [2.75, 3.05) is 13.6 Å². The van der Waals surface area contributed by atoms with E-state index in [4.69, 9.17) is 4.74 Å². The van der Waals surface area contributed by atoms with Gasteiger partial charge in [-0.05, 0) is 48.0 Å². The Kier molecular flexibility index (Phi) is 6.25. The normalized spacial score (nSPS) is 11.1. The summed E-state index contributed by atoms with van der Waals surface area (Å²) in [7, 11) is 1.92. The monoisotopic (exact) mass is 397 g/mol. The van der Waals surface area contributed by atoms with Crippen LogP contribution in [-0.4, -0.2) is 29.8 Å². The molecule has 128 valence electrons. The van der Waals surface area contributed by atoms with Crippen molar-refractivity contribution in [2.45, 2.75) is 20.5 Å². The van der Waals surface area contributed by atoms with Crippen molar-refractivity contribution in [3.63, 3.8) is 0 Å². The molecule has 0 fully saturated rings. The molecule has 2 aromatic rings. The first kappa shape index (κ1) is 18.3. The molecule has 0 unspecified atom stereocenters. The minimum atomic E-state index is -0.647. The van der Waals surface area contributed by atoms with E-state index in [2.05, 4.69) is 25.9 Å². The third-order valence-electron chi connectivity index (χ3n) is 3.42. The summed E-state index contributed by atoms with van der Waals surface area (Å²) in [5, 5.41) is 0. The molecular formula is C17H18BrF2N3O. The first-order valence-electron chi connectivity index (χ1n) is 7.39. The lowest BCUT2D eigenvalue weighted by Gasteiger charge is -2.12. The van der Waals surface area contributed by atoms with Crippen LogP contribution in [0.3, 0.4) is 0 Å². The number of pyridine rings is 1. The summed E-state index contributed by atoms with van der Waals surface area (Å²) < 4.78 is 33.3. The molecule has 0 aliphatic rings. The lowest BCUT2D eigenvalue weighted by molar-refractivity contribution is 0.279. The molecule has 0 saturated heterocycles. The number of aryl methyl sites for hydroxylation is 1. The lowest BCUT2D eigenvalue weighted by Crippen LogP contribution is -2.14. The van der Waals surface area contributed by atoms with Crippen molar-refractivity contribution in [1.82, 2.24) is 9.88 Å². The predicted octanol–water partition coefficient (Wildman–Crippen LogP) is 4.62. The second-order valence-corrected chi connectivity index (χ2v) is 6.04. The minimum Gasteiger partial charge on any atom is -0.472 e. The maximum absolute atomic E-state index is 13.6. The Morgan fingerprint density at radius 1 is 1.33 bits per heavy atom. The fraction of sp³-hybridized carbons (Fsp3) is 0.294. The fourth-order valence-electron chi connectivity index (χ4n) is 1.83. The molecule has 0 aliphatic heterocycles. The largest absolute Gasteiger partial charge is 0.472 e. The summed E-state index contributed by atoms with van der Waals surface area (Å²) >= 11 is 3.35. The summed E-state index contributed by atoms with van der Waals surface area (Å²) in [5.41, 5.74) is 1.21. The maximum Gasteiger partial charge on any atom is 0.228 e. The van der Waals surface area contributed by atoms with Gasteiger partial charge in [0.2, 0.25) is 5.88 Å². The summed E-state index contributed by atoms with van der Waals surface area (Å²) in [5.74, 6) is -1.03. The molecule has 24 heavy (non-hydrogen) atoms. The van der Waals surface area contributed by atoms with Crippen LogP contribution < -0.4 is 4.74 Å². The number of aliphatic imine (C=N–C) groups is 1. The van der Waals surface area contributed by atoms with Gasteiger partial charge in [-0.1, -0.05) is 6.07 Å². The standard InChI is InChI=1S/C17H18BrF2N3O/c1-4-23(3)10-21-16-8-13(18)17(22-11(16)2)24-9-12-14(19)6-5-7-15(12)20/h5-8,10H,4,9H2,1-3H3. The van der Waals surface area contributed by atoms with Gasteiger partial charge < -0.3 is 9.64 Å². The number of nitrogens with zero attached hydrogens (tertiary/aromatic N) is 3. The zero-order valence-corrected chi connectivity index (χ0v) is 15.3. The van der Waals surface area contributed by atoms with Crippen molar-refractivity contribution in [1.29, 1.82) is 0 Å².